The van der Waals surface area contributed by atoms with Crippen LogP contribution >= 0.6 is 0 Å². The van der Waals surface area contributed by atoms with Gasteiger partial charge in [-0.15, -0.1) is 0 Å². The zero-order valence-electron chi connectivity index (χ0n) is 16.4. The van der Waals surface area contributed by atoms with Crippen LogP contribution in [0.4, 0.5) is 0 Å². The number of benzene rings is 1. The highest BCUT2D eigenvalue weighted by Crippen LogP contribution is 2.32. The molecule has 0 bridgehead atoms. The van der Waals surface area contributed by atoms with Gasteiger partial charge in [-0.25, -0.2) is 0 Å². The Bertz CT molecular complexity index is 589. The molecule has 26 heavy (non-hydrogen) atoms. The quantitative estimate of drug-likeness (QED) is 0.366. The number of nitrogens with zero attached hydrogens (tertiary/aromatic N) is 1. The highest BCUT2D eigenvalue weighted by Gasteiger charge is 2.24. The molecule has 2 unspecified atom stereocenters. The van der Waals surface area contributed by atoms with Crippen molar-refractivity contribution in [1.29, 1.82) is 0 Å². The van der Waals surface area contributed by atoms with Crippen LogP contribution < -0.4 is 9.47 Å². The molecule has 1 aromatic carbocycles. The van der Waals surface area contributed by atoms with E-state index in [1.165, 1.54) is 7.11 Å². The summed E-state index contributed by atoms with van der Waals surface area (Å²) in [7, 11) is 1.53. The molecule has 2 atom stereocenters. The maximum Gasteiger partial charge on any atom is 0.125 e. The van der Waals surface area contributed by atoms with E-state index in [0.717, 1.165) is 48.3 Å². The third-order valence-corrected chi connectivity index (χ3v) is 4.46. The predicted molar refractivity (Wildman–Crippen MR) is 104 cm³/mol. The molecule has 0 saturated heterocycles. The van der Waals surface area contributed by atoms with E-state index >= 15 is 0 Å². The van der Waals surface area contributed by atoms with Gasteiger partial charge >= 0.3 is 0 Å². The number of aryl methyl sites for hydroxylation is 2. The number of oxime groups is 1. The molecule has 0 aromatic heterocycles. The first-order chi connectivity index (χ1) is 12.6. The lowest BCUT2D eigenvalue weighted by atomic mass is 9.94. The lowest BCUT2D eigenvalue weighted by Crippen LogP contribution is -2.31. The van der Waals surface area contributed by atoms with Gasteiger partial charge < -0.3 is 19.0 Å². The third-order valence-electron chi connectivity index (χ3n) is 4.46. The van der Waals surface area contributed by atoms with Gasteiger partial charge in [-0.3, -0.25) is 0 Å². The van der Waals surface area contributed by atoms with Gasteiger partial charge in [-0.05, 0) is 63.3 Å². The van der Waals surface area contributed by atoms with E-state index in [1.54, 1.807) is 6.21 Å². The van der Waals surface area contributed by atoms with Gasteiger partial charge in [-0.2, -0.15) is 0 Å². The van der Waals surface area contributed by atoms with E-state index in [0.29, 0.717) is 13.2 Å². The average Bonchev–Trinajstić information content (AvgIpc) is 2.62. The molecule has 5 heteroatoms. The van der Waals surface area contributed by atoms with Crippen molar-refractivity contribution in [3.63, 3.8) is 0 Å². The fourth-order valence-electron chi connectivity index (χ4n) is 3.23. The second kappa shape index (κ2) is 10.9. The van der Waals surface area contributed by atoms with E-state index in [4.69, 9.17) is 14.2 Å². The van der Waals surface area contributed by atoms with Gasteiger partial charge in [0, 0.05) is 6.42 Å². The molecule has 1 fully saturated rings. The van der Waals surface area contributed by atoms with Crippen LogP contribution in [-0.4, -0.2) is 38.7 Å². The summed E-state index contributed by atoms with van der Waals surface area (Å²) < 4.78 is 17.9. The molecule has 2 rings (SSSR count). The molecule has 0 radical (unpaired) electrons. The van der Waals surface area contributed by atoms with Crippen LogP contribution in [0, 0.1) is 13.8 Å². The summed E-state index contributed by atoms with van der Waals surface area (Å²) in [4.78, 5) is 4.65. The van der Waals surface area contributed by atoms with Gasteiger partial charge in [0.15, 0.2) is 0 Å². The Balaban J connectivity index is 1.93. The van der Waals surface area contributed by atoms with Crippen LogP contribution in [-0.2, 0) is 9.57 Å². The molecule has 1 saturated carbocycles. The standard InChI is InChI=1S/C21H31NO4/c1-5-6-11-24-20-13-16(2)21(17(3)14-20)26-19-9-7-8-18(15-19)25-12-10-22-23-4/h5-6,10,13-14,18-19H,7-9,11-12,15H2,1-4H3/b6-5+,22-10?. The zero-order valence-corrected chi connectivity index (χ0v) is 16.4. The molecular weight excluding hydrogens is 330 g/mol. The third kappa shape index (κ3) is 6.37. The Kier molecular flexibility index (Phi) is 8.48. The van der Waals surface area contributed by atoms with Crippen molar-refractivity contribution in [3.8, 4) is 11.5 Å². The van der Waals surface area contributed by atoms with Crippen LogP contribution in [0.5, 0.6) is 11.5 Å². The summed E-state index contributed by atoms with van der Waals surface area (Å²) in [6.07, 6.45) is 10.2. The average molecular weight is 361 g/mol. The Morgan fingerprint density at radius 3 is 2.54 bits per heavy atom. The normalized spacial score (nSPS) is 20.6. The molecule has 0 spiro atoms. The van der Waals surface area contributed by atoms with Crippen LogP contribution in [0.1, 0.15) is 43.7 Å². The summed E-state index contributed by atoms with van der Waals surface area (Å²) in [6, 6.07) is 4.09. The van der Waals surface area contributed by atoms with Crippen LogP contribution in [0.2, 0.25) is 0 Å². The first-order valence-corrected chi connectivity index (χ1v) is 9.32. The molecular formula is C21H31NO4. The number of ether oxygens (including phenoxy) is 3. The summed E-state index contributed by atoms with van der Waals surface area (Å²) in [6.45, 7) is 7.19. The van der Waals surface area contributed by atoms with Crippen molar-refractivity contribution in [2.24, 2.45) is 5.16 Å². The smallest absolute Gasteiger partial charge is 0.125 e. The van der Waals surface area contributed by atoms with Gasteiger partial charge in [0.25, 0.3) is 0 Å². The van der Waals surface area contributed by atoms with Crippen molar-refractivity contribution in [2.75, 3.05) is 20.3 Å². The predicted octanol–water partition coefficient (Wildman–Crippen LogP) is 4.60. The van der Waals surface area contributed by atoms with E-state index in [-0.39, 0.29) is 12.2 Å². The first kappa shape index (κ1) is 20.3. The van der Waals surface area contributed by atoms with Gasteiger partial charge in [-0.1, -0.05) is 17.3 Å². The fraction of sp³-hybridized carbons (Fsp3) is 0.571. The van der Waals surface area contributed by atoms with Gasteiger partial charge in [0.1, 0.15) is 31.3 Å². The summed E-state index contributed by atoms with van der Waals surface area (Å²) in [5, 5.41) is 3.70. The minimum atomic E-state index is 0.181. The maximum absolute atomic E-state index is 6.35. The monoisotopic (exact) mass is 361 g/mol. The second-order valence-corrected chi connectivity index (χ2v) is 6.60. The maximum atomic E-state index is 6.35. The lowest BCUT2D eigenvalue weighted by Gasteiger charge is -2.30. The summed E-state index contributed by atoms with van der Waals surface area (Å²) in [5.41, 5.74) is 2.21. The molecule has 0 amide bonds. The fourth-order valence-corrected chi connectivity index (χ4v) is 3.23. The number of hydrogen-bond acceptors (Lipinski definition) is 5. The van der Waals surface area contributed by atoms with Crippen molar-refractivity contribution in [1.82, 2.24) is 0 Å². The van der Waals surface area contributed by atoms with Crippen molar-refractivity contribution >= 4 is 6.21 Å². The SMILES string of the molecule is C/C=C/COc1cc(C)c(OC2CCCC(OCC=NOC)C2)c(C)c1. The summed E-state index contributed by atoms with van der Waals surface area (Å²) in [5.74, 6) is 1.85. The Morgan fingerprint density at radius 1 is 1.12 bits per heavy atom. The van der Waals surface area contributed by atoms with Gasteiger partial charge in [0.2, 0.25) is 0 Å². The van der Waals surface area contributed by atoms with E-state index < -0.39 is 0 Å². The Labute approximate surface area is 157 Å². The van der Waals surface area contributed by atoms with E-state index in [9.17, 15) is 0 Å². The second-order valence-electron chi connectivity index (χ2n) is 6.60. The molecule has 144 valence electrons. The van der Waals surface area contributed by atoms with Crippen LogP contribution in [0.25, 0.3) is 0 Å². The Morgan fingerprint density at radius 2 is 1.85 bits per heavy atom. The van der Waals surface area contributed by atoms with Gasteiger partial charge in [0.05, 0.1) is 18.9 Å². The molecule has 0 aliphatic heterocycles. The topological polar surface area (TPSA) is 49.3 Å². The van der Waals surface area contributed by atoms with Crippen molar-refractivity contribution in [3.05, 3.63) is 35.4 Å². The van der Waals surface area contributed by atoms with Crippen LogP contribution in [0.3, 0.4) is 0 Å². The molecule has 1 aromatic rings. The molecule has 1 aliphatic carbocycles. The number of hydrogen-bond donors (Lipinski definition) is 0. The minimum absolute atomic E-state index is 0.181. The van der Waals surface area contributed by atoms with Crippen molar-refractivity contribution < 1.29 is 19.0 Å². The number of rotatable bonds is 9. The van der Waals surface area contributed by atoms with Crippen molar-refractivity contribution in [2.45, 2.75) is 58.7 Å². The number of allylic oxidation sites excluding steroid dienone is 1. The first-order valence-electron chi connectivity index (χ1n) is 9.32. The molecule has 0 heterocycles. The zero-order chi connectivity index (χ0) is 18.8. The molecule has 0 N–H and O–H groups in total. The summed E-state index contributed by atoms with van der Waals surface area (Å²) >= 11 is 0. The molecule has 5 nitrogen and oxygen atoms in total. The Hall–Kier alpha value is -2.01. The largest absolute Gasteiger partial charge is 0.490 e. The van der Waals surface area contributed by atoms with E-state index in [1.807, 2.05) is 31.2 Å². The highest BCUT2D eigenvalue weighted by atomic mass is 16.6. The highest BCUT2D eigenvalue weighted by molar-refractivity contribution is 5.57. The lowest BCUT2D eigenvalue weighted by molar-refractivity contribution is 0.00918. The minimum Gasteiger partial charge on any atom is -0.490 e. The van der Waals surface area contributed by atoms with E-state index in [2.05, 4.69) is 23.8 Å². The molecule has 1 aliphatic rings. The van der Waals surface area contributed by atoms with Crippen LogP contribution in [0.15, 0.2) is 29.4 Å².